The van der Waals surface area contributed by atoms with Gasteiger partial charge in [-0.15, -0.1) is 10.2 Å². The highest BCUT2D eigenvalue weighted by Gasteiger charge is 2.21. The van der Waals surface area contributed by atoms with E-state index in [0.29, 0.717) is 23.3 Å². The highest BCUT2D eigenvalue weighted by atomic mass is 32.2. The van der Waals surface area contributed by atoms with Crippen LogP contribution in [0.2, 0.25) is 0 Å². The molecule has 0 radical (unpaired) electrons. The molecule has 1 N–H and O–H groups in total. The molecule has 3 aromatic carbocycles. The van der Waals surface area contributed by atoms with E-state index in [4.69, 9.17) is 9.47 Å². The Bertz CT molecular complexity index is 1240. The normalized spacial score (nSPS) is 11.6. The maximum absolute atomic E-state index is 12.5. The monoisotopic (exact) mass is 488 g/mol. The van der Waals surface area contributed by atoms with Gasteiger partial charge in [0.1, 0.15) is 11.5 Å². The van der Waals surface area contributed by atoms with Crippen molar-refractivity contribution in [1.29, 1.82) is 0 Å². The minimum atomic E-state index is -0.374. The van der Waals surface area contributed by atoms with E-state index in [2.05, 4.69) is 15.5 Å². The number of thioether (sulfide) groups is 1. The third-order valence-corrected chi connectivity index (χ3v) is 6.28. The van der Waals surface area contributed by atoms with Crippen LogP contribution in [-0.4, -0.2) is 33.5 Å². The summed E-state index contributed by atoms with van der Waals surface area (Å²) in [4.78, 5) is 12.5. The van der Waals surface area contributed by atoms with E-state index in [0.717, 1.165) is 17.0 Å². The second-order valence-corrected chi connectivity index (χ2v) is 8.94. The molecule has 0 aliphatic rings. The van der Waals surface area contributed by atoms with Gasteiger partial charge in [-0.2, -0.15) is 0 Å². The average molecular weight is 489 g/mol. The molecule has 0 bridgehead atoms. The smallest absolute Gasteiger partial charge is 0.230 e. The fourth-order valence-corrected chi connectivity index (χ4v) is 4.25. The molecule has 1 unspecified atom stereocenters. The molecule has 0 saturated carbocycles. The Morgan fingerprint density at radius 2 is 1.66 bits per heavy atom. The van der Waals surface area contributed by atoms with Crippen LogP contribution in [0.1, 0.15) is 30.0 Å². The van der Waals surface area contributed by atoms with Crippen molar-refractivity contribution in [3.63, 3.8) is 0 Å². The van der Waals surface area contributed by atoms with Crippen LogP contribution in [0.15, 0.2) is 84.0 Å². The molecule has 1 aromatic heterocycles. The maximum atomic E-state index is 12.5. The van der Waals surface area contributed by atoms with Gasteiger partial charge in [0, 0.05) is 12.2 Å². The number of methoxy groups -OCH3 is 1. The molecule has 0 spiro atoms. The van der Waals surface area contributed by atoms with Gasteiger partial charge in [0.25, 0.3) is 0 Å². The Labute approximate surface area is 209 Å². The van der Waals surface area contributed by atoms with Crippen LogP contribution < -0.4 is 14.8 Å². The van der Waals surface area contributed by atoms with Crippen LogP contribution in [0, 0.1) is 6.92 Å². The zero-order chi connectivity index (χ0) is 24.6. The van der Waals surface area contributed by atoms with Crippen molar-refractivity contribution in [3.05, 3.63) is 95.8 Å². The quantitative estimate of drug-likeness (QED) is 0.312. The second kappa shape index (κ2) is 11.6. The van der Waals surface area contributed by atoms with Crippen LogP contribution in [-0.2, 0) is 11.3 Å². The van der Waals surface area contributed by atoms with Crippen LogP contribution >= 0.6 is 11.8 Å². The number of nitrogens with one attached hydrogen (secondary N) is 1. The number of aryl methyl sites for hydroxylation is 1. The lowest BCUT2D eigenvalue weighted by Crippen LogP contribution is -2.24. The Hall–Kier alpha value is -3.78. The number of aromatic nitrogens is 3. The molecular weight excluding hydrogens is 460 g/mol. The van der Waals surface area contributed by atoms with Crippen molar-refractivity contribution in [2.24, 2.45) is 0 Å². The number of benzene rings is 3. The topological polar surface area (TPSA) is 78.3 Å². The summed E-state index contributed by atoms with van der Waals surface area (Å²) in [7, 11) is 1.63. The van der Waals surface area contributed by atoms with Crippen molar-refractivity contribution < 1.29 is 14.3 Å². The molecule has 0 fully saturated rings. The summed E-state index contributed by atoms with van der Waals surface area (Å²) < 4.78 is 13.3. The first-order chi connectivity index (χ1) is 17.0. The minimum absolute atomic E-state index is 0.0673. The summed E-state index contributed by atoms with van der Waals surface area (Å²) in [6.45, 7) is 4.46. The molecule has 0 saturated heterocycles. The molecule has 4 aromatic rings. The molecule has 0 aliphatic heterocycles. The van der Waals surface area contributed by atoms with E-state index in [1.54, 1.807) is 7.11 Å². The summed E-state index contributed by atoms with van der Waals surface area (Å²) >= 11 is 1.34. The second-order valence-electron chi connectivity index (χ2n) is 8.00. The molecular formula is C27H28N4O3S. The lowest BCUT2D eigenvalue weighted by atomic mass is 10.1. The number of nitrogens with zero attached hydrogens (tertiary/aromatic N) is 3. The summed E-state index contributed by atoms with van der Waals surface area (Å²) in [5, 5.41) is 12.4. The molecule has 8 heteroatoms. The predicted octanol–water partition coefficient (Wildman–Crippen LogP) is 5.13. The highest BCUT2D eigenvalue weighted by Crippen LogP contribution is 2.28. The standard InChI is InChI=1S/C27H28N4O3S/c1-19-9-11-21(12-10-19)17-28-25(32)18-35-27-30-29-26(31(27)22-7-5-4-6-8-22)20(2)34-24-15-13-23(33-3)14-16-24/h4-16,20H,17-18H2,1-3H3,(H,28,32). The lowest BCUT2D eigenvalue weighted by molar-refractivity contribution is -0.118. The Kier molecular flexibility index (Phi) is 8.05. The van der Waals surface area contributed by atoms with E-state index in [9.17, 15) is 4.79 Å². The van der Waals surface area contributed by atoms with E-state index in [-0.39, 0.29) is 17.8 Å². The lowest BCUT2D eigenvalue weighted by Gasteiger charge is -2.17. The fraction of sp³-hybridized carbons (Fsp3) is 0.222. The summed E-state index contributed by atoms with van der Waals surface area (Å²) in [6.07, 6.45) is -0.374. The first-order valence-electron chi connectivity index (χ1n) is 11.3. The molecule has 1 heterocycles. The van der Waals surface area contributed by atoms with Gasteiger partial charge in [-0.05, 0) is 55.8 Å². The van der Waals surface area contributed by atoms with E-state index in [1.165, 1.54) is 17.3 Å². The summed E-state index contributed by atoms with van der Waals surface area (Å²) in [6, 6.07) is 25.3. The molecule has 7 nitrogen and oxygen atoms in total. The third kappa shape index (κ3) is 6.42. The Morgan fingerprint density at radius 3 is 2.34 bits per heavy atom. The number of amides is 1. The van der Waals surface area contributed by atoms with Crippen molar-refractivity contribution in [2.45, 2.75) is 31.7 Å². The first-order valence-corrected chi connectivity index (χ1v) is 12.3. The minimum Gasteiger partial charge on any atom is -0.497 e. The van der Waals surface area contributed by atoms with E-state index < -0.39 is 0 Å². The van der Waals surface area contributed by atoms with Gasteiger partial charge in [0.15, 0.2) is 17.1 Å². The zero-order valence-corrected chi connectivity index (χ0v) is 20.8. The first kappa shape index (κ1) is 24.3. The van der Waals surface area contributed by atoms with E-state index >= 15 is 0 Å². The number of hydrogen-bond acceptors (Lipinski definition) is 6. The predicted molar refractivity (Wildman–Crippen MR) is 137 cm³/mol. The molecule has 1 atom stereocenters. The fourth-order valence-electron chi connectivity index (χ4n) is 3.46. The molecule has 35 heavy (non-hydrogen) atoms. The van der Waals surface area contributed by atoms with Crippen molar-refractivity contribution in [1.82, 2.24) is 20.1 Å². The Balaban J connectivity index is 1.46. The molecule has 0 aliphatic carbocycles. The number of rotatable bonds is 10. The van der Waals surface area contributed by atoms with E-state index in [1.807, 2.05) is 97.3 Å². The van der Waals surface area contributed by atoms with Crippen LogP contribution in [0.4, 0.5) is 0 Å². The summed E-state index contributed by atoms with van der Waals surface area (Å²) in [5.74, 6) is 2.27. The number of ether oxygens (including phenoxy) is 2. The number of carbonyl (C=O) groups is 1. The number of carbonyl (C=O) groups excluding carboxylic acids is 1. The molecule has 1 amide bonds. The SMILES string of the molecule is COc1ccc(OC(C)c2nnc(SCC(=O)NCc3ccc(C)cc3)n2-c2ccccc2)cc1. The van der Waals surface area contributed by atoms with Crippen LogP contribution in [0.3, 0.4) is 0 Å². The largest absolute Gasteiger partial charge is 0.497 e. The highest BCUT2D eigenvalue weighted by molar-refractivity contribution is 7.99. The van der Waals surface area contributed by atoms with Gasteiger partial charge in [-0.3, -0.25) is 9.36 Å². The molecule has 180 valence electrons. The third-order valence-electron chi connectivity index (χ3n) is 5.35. The van der Waals surface area contributed by atoms with Gasteiger partial charge in [0.2, 0.25) is 5.91 Å². The van der Waals surface area contributed by atoms with Gasteiger partial charge in [0.05, 0.1) is 12.9 Å². The van der Waals surface area contributed by atoms with Crippen molar-refractivity contribution in [2.75, 3.05) is 12.9 Å². The van der Waals surface area contributed by atoms with Crippen molar-refractivity contribution >= 4 is 17.7 Å². The van der Waals surface area contributed by atoms with Gasteiger partial charge < -0.3 is 14.8 Å². The Morgan fingerprint density at radius 1 is 0.971 bits per heavy atom. The van der Waals surface area contributed by atoms with Crippen molar-refractivity contribution in [3.8, 4) is 17.2 Å². The maximum Gasteiger partial charge on any atom is 0.230 e. The van der Waals surface area contributed by atoms with Crippen LogP contribution in [0.5, 0.6) is 11.5 Å². The summed E-state index contributed by atoms with van der Waals surface area (Å²) in [5.41, 5.74) is 3.16. The average Bonchev–Trinajstić information content (AvgIpc) is 3.32. The molecule has 4 rings (SSSR count). The number of hydrogen-bond donors (Lipinski definition) is 1. The zero-order valence-electron chi connectivity index (χ0n) is 20.0. The van der Waals surface area contributed by atoms with Gasteiger partial charge in [-0.25, -0.2) is 0 Å². The number of para-hydroxylation sites is 1. The van der Waals surface area contributed by atoms with Crippen LogP contribution in [0.25, 0.3) is 5.69 Å². The van der Waals surface area contributed by atoms with Gasteiger partial charge >= 0.3 is 0 Å². The van der Waals surface area contributed by atoms with Gasteiger partial charge in [-0.1, -0.05) is 59.8 Å².